The summed E-state index contributed by atoms with van der Waals surface area (Å²) in [6.45, 7) is 5.63. The largest absolute Gasteiger partial charge is 0.326 e. The molecule has 0 rings (SSSR count). The summed E-state index contributed by atoms with van der Waals surface area (Å²) in [4.78, 5) is 10.8. The summed E-state index contributed by atoms with van der Waals surface area (Å²) in [5.41, 5.74) is 0. The number of Topliss-reactive ketones (excluding diaryl/α,β-unsaturated/α-hetero) is 1. The first-order chi connectivity index (χ1) is 5.54. The predicted octanol–water partition coefficient (Wildman–Crippen LogP) is 2.50. The number of ketones is 1. The Morgan fingerprint density at radius 2 is 2.08 bits per heavy atom. The van der Waals surface area contributed by atoms with E-state index in [2.05, 4.69) is 0 Å². The van der Waals surface area contributed by atoms with Crippen LogP contribution in [0.5, 0.6) is 0 Å². The highest BCUT2D eigenvalue weighted by Crippen LogP contribution is 2.64. The minimum atomic E-state index is -2.60. The Bertz CT molecular complexity index is 181. The third-order valence-electron chi connectivity index (χ3n) is 1.17. The fraction of sp³-hybridized carbons (Fsp3) is 0.857. The molecule has 0 aromatic carbocycles. The Kier molecular flexibility index (Phi) is 6.00. The second kappa shape index (κ2) is 5.85. The maximum absolute atomic E-state index is 11.8. The van der Waals surface area contributed by atoms with E-state index in [9.17, 15) is 9.36 Å². The summed E-state index contributed by atoms with van der Waals surface area (Å²) in [5, 5.41) is 0. The smallest absolute Gasteiger partial charge is 0.226 e. The van der Waals surface area contributed by atoms with Gasteiger partial charge in [-0.1, -0.05) is 6.92 Å². The Morgan fingerprint density at radius 3 is 2.42 bits per heavy atom. The molecule has 0 radical (unpaired) electrons. The van der Waals surface area contributed by atoms with Gasteiger partial charge in [0.1, 0.15) is 5.78 Å². The zero-order valence-corrected chi connectivity index (χ0v) is 9.69. The zero-order chi connectivity index (χ0) is 9.61. The Hall–Kier alpha value is 0.290. The molecule has 0 heterocycles. The lowest BCUT2D eigenvalue weighted by Crippen LogP contribution is -2.00. The van der Waals surface area contributed by atoms with Gasteiger partial charge in [0.25, 0.3) is 0 Å². The molecule has 0 aliphatic rings. The van der Waals surface area contributed by atoms with Gasteiger partial charge in [-0.2, -0.15) is 0 Å². The first-order valence-corrected chi connectivity index (χ1v) is 7.88. The normalized spacial score (nSPS) is 16.6. The van der Waals surface area contributed by atoms with Crippen LogP contribution in [0.25, 0.3) is 0 Å². The van der Waals surface area contributed by atoms with Crippen LogP contribution in [-0.4, -0.2) is 24.7 Å². The van der Waals surface area contributed by atoms with E-state index in [4.69, 9.17) is 4.52 Å². The van der Waals surface area contributed by atoms with E-state index >= 15 is 0 Å². The highest BCUT2D eigenvalue weighted by molar-refractivity contribution is 8.22. The number of carbonyl (C=O) groups excluding carboxylic acids is 1. The minimum absolute atomic E-state index is 0.0484. The second-order valence-electron chi connectivity index (χ2n) is 2.46. The number of hydrogen-bond donors (Lipinski definition) is 0. The molecule has 2 atom stereocenters. The SMILES string of the molecule is CCOP(=O)(CC(C)=O)PCC. The van der Waals surface area contributed by atoms with Crippen molar-refractivity contribution in [3.63, 3.8) is 0 Å². The molecule has 0 bridgehead atoms. The highest BCUT2D eigenvalue weighted by Gasteiger charge is 2.23. The molecule has 0 N–H and O–H groups in total. The first-order valence-electron chi connectivity index (χ1n) is 4.02. The van der Waals surface area contributed by atoms with Gasteiger partial charge in [-0.05, 0) is 28.3 Å². The van der Waals surface area contributed by atoms with Crippen LogP contribution in [-0.2, 0) is 13.9 Å². The molecular weight excluding hydrogens is 194 g/mol. The fourth-order valence-corrected chi connectivity index (χ4v) is 5.78. The van der Waals surface area contributed by atoms with E-state index in [1.807, 2.05) is 6.92 Å². The monoisotopic (exact) mass is 210 g/mol. The maximum Gasteiger partial charge on any atom is 0.226 e. The van der Waals surface area contributed by atoms with Crippen LogP contribution in [0.3, 0.4) is 0 Å². The third-order valence-corrected chi connectivity index (χ3v) is 6.76. The van der Waals surface area contributed by atoms with Crippen molar-refractivity contribution < 1.29 is 13.9 Å². The van der Waals surface area contributed by atoms with Gasteiger partial charge in [-0.25, -0.2) is 0 Å². The summed E-state index contributed by atoms with van der Waals surface area (Å²) in [5.74, 6) is -0.0484. The molecule has 0 aliphatic heterocycles. The van der Waals surface area contributed by atoms with Gasteiger partial charge in [-0.3, -0.25) is 9.36 Å². The summed E-state index contributed by atoms with van der Waals surface area (Å²) < 4.78 is 16.9. The molecule has 0 spiro atoms. The Morgan fingerprint density at radius 1 is 1.50 bits per heavy atom. The van der Waals surface area contributed by atoms with Crippen molar-refractivity contribution in [3.05, 3.63) is 0 Å². The molecule has 0 aromatic heterocycles. The van der Waals surface area contributed by atoms with Crippen LogP contribution in [0.4, 0.5) is 0 Å². The van der Waals surface area contributed by atoms with Crippen molar-refractivity contribution >= 4 is 21.1 Å². The van der Waals surface area contributed by atoms with Gasteiger partial charge in [0.15, 0.2) is 0 Å². The molecule has 72 valence electrons. The summed E-state index contributed by atoms with van der Waals surface area (Å²) in [7, 11) is -2.33. The first kappa shape index (κ1) is 12.3. The average Bonchev–Trinajstić information content (AvgIpc) is 1.85. The lowest BCUT2D eigenvalue weighted by molar-refractivity contribution is -0.114. The molecule has 0 fully saturated rings. The van der Waals surface area contributed by atoms with Crippen LogP contribution in [0.15, 0.2) is 0 Å². The molecule has 2 unspecified atom stereocenters. The van der Waals surface area contributed by atoms with Crippen molar-refractivity contribution in [1.82, 2.24) is 0 Å². The number of hydrogen-bond acceptors (Lipinski definition) is 3. The van der Waals surface area contributed by atoms with E-state index in [1.54, 1.807) is 6.92 Å². The second-order valence-corrected chi connectivity index (χ2v) is 8.40. The van der Waals surface area contributed by atoms with Crippen molar-refractivity contribution in [1.29, 1.82) is 0 Å². The molecule has 3 nitrogen and oxygen atoms in total. The quantitative estimate of drug-likeness (QED) is 0.632. The van der Waals surface area contributed by atoms with E-state index in [0.717, 1.165) is 6.16 Å². The van der Waals surface area contributed by atoms with Crippen LogP contribution in [0.1, 0.15) is 20.8 Å². The summed E-state index contributed by atoms with van der Waals surface area (Å²) in [6, 6.07) is 0. The van der Waals surface area contributed by atoms with E-state index in [0.29, 0.717) is 6.61 Å². The molecule has 0 amide bonds. The Balaban J connectivity index is 4.18. The fourth-order valence-electron chi connectivity index (χ4n) is 0.890. The summed E-state index contributed by atoms with van der Waals surface area (Å²) >= 11 is 0. The Labute approximate surface area is 75.4 Å². The van der Waals surface area contributed by atoms with Gasteiger partial charge < -0.3 is 4.52 Å². The standard InChI is InChI=1S/C7H16O3P2/c1-4-10-12(9,11-5-2)6-7(3)8/h11H,4-6H2,1-3H3. The van der Waals surface area contributed by atoms with Crippen molar-refractivity contribution in [2.75, 3.05) is 18.9 Å². The van der Waals surface area contributed by atoms with E-state index in [-0.39, 0.29) is 20.2 Å². The van der Waals surface area contributed by atoms with Crippen molar-refractivity contribution in [2.45, 2.75) is 20.8 Å². The maximum atomic E-state index is 11.8. The van der Waals surface area contributed by atoms with Gasteiger partial charge >= 0.3 is 0 Å². The topological polar surface area (TPSA) is 43.4 Å². The number of carbonyl (C=O) groups is 1. The van der Waals surface area contributed by atoms with Crippen LogP contribution in [0, 0.1) is 0 Å². The van der Waals surface area contributed by atoms with Gasteiger partial charge in [-0.15, -0.1) is 0 Å². The molecule has 0 aromatic rings. The molecule has 12 heavy (non-hydrogen) atoms. The van der Waals surface area contributed by atoms with Crippen LogP contribution in [0.2, 0.25) is 0 Å². The van der Waals surface area contributed by atoms with Crippen LogP contribution < -0.4 is 0 Å². The molecule has 0 saturated carbocycles. The highest BCUT2D eigenvalue weighted by atomic mass is 32.1. The molecule has 0 aliphatic carbocycles. The molecule has 0 saturated heterocycles. The molecular formula is C7H16O3P2. The lowest BCUT2D eigenvalue weighted by Gasteiger charge is -2.14. The van der Waals surface area contributed by atoms with E-state index < -0.39 is 7.06 Å². The molecule has 5 heteroatoms. The van der Waals surface area contributed by atoms with Gasteiger partial charge in [0.2, 0.25) is 7.06 Å². The van der Waals surface area contributed by atoms with Gasteiger partial charge in [0, 0.05) is 0 Å². The lowest BCUT2D eigenvalue weighted by atomic mass is 10.5. The minimum Gasteiger partial charge on any atom is -0.326 e. The number of rotatable bonds is 6. The average molecular weight is 210 g/mol. The van der Waals surface area contributed by atoms with E-state index in [1.165, 1.54) is 6.92 Å². The van der Waals surface area contributed by atoms with Crippen LogP contribution >= 0.6 is 15.3 Å². The zero-order valence-electron chi connectivity index (χ0n) is 7.79. The summed E-state index contributed by atoms with van der Waals surface area (Å²) in [6.07, 6.45) is 0.928. The predicted molar refractivity (Wildman–Crippen MR) is 53.6 cm³/mol. The van der Waals surface area contributed by atoms with Crippen molar-refractivity contribution in [2.24, 2.45) is 0 Å². The van der Waals surface area contributed by atoms with Crippen molar-refractivity contribution in [3.8, 4) is 0 Å². The van der Waals surface area contributed by atoms with Gasteiger partial charge in [0.05, 0.1) is 12.8 Å². The third kappa shape index (κ3) is 5.03.